The molecule has 2 aliphatic heterocycles. The molecule has 25 heavy (non-hydrogen) atoms. The first-order chi connectivity index (χ1) is 12.1. The Hall–Kier alpha value is -1.92. The summed E-state index contributed by atoms with van der Waals surface area (Å²) in [6.45, 7) is 2.83. The molecular weight excluding hydrogens is 318 g/mol. The summed E-state index contributed by atoms with van der Waals surface area (Å²) < 4.78 is 13.3. The molecule has 6 heteroatoms. The van der Waals surface area contributed by atoms with E-state index in [9.17, 15) is 4.79 Å². The molecule has 0 saturated carbocycles. The number of rotatable bonds is 3. The van der Waals surface area contributed by atoms with Gasteiger partial charge >= 0.3 is 0 Å². The SMILES string of the molecule is COC[C@@]12CCCO[C@@H]1CCN(C(=O)c1nn(C)c3ccccc13)C2. The van der Waals surface area contributed by atoms with E-state index in [0.717, 1.165) is 36.8 Å². The minimum absolute atomic E-state index is 0.0105. The lowest BCUT2D eigenvalue weighted by Gasteiger charge is -2.50. The number of carbonyl (C=O) groups excluding carboxylic acids is 1. The van der Waals surface area contributed by atoms with Crippen LogP contribution in [0, 0.1) is 5.41 Å². The first-order valence-corrected chi connectivity index (χ1v) is 8.96. The van der Waals surface area contributed by atoms with Crippen molar-refractivity contribution in [2.75, 3.05) is 33.4 Å². The van der Waals surface area contributed by atoms with Crippen LogP contribution >= 0.6 is 0 Å². The Morgan fingerprint density at radius 3 is 3.12 bits per heavy atom. The lowest BCUT2D eigenvalue weighted by molar-refractivity contribution is -0.142. The van der Waals surface area contributed by atoms with Gasteiger partial charge in [-0.15, -0.1) is 0 Å². The summed E-state index contributed by atoms with van der Waals surface area (Å²) in [5.74, 6) is 0.0105. The minimum atomic E-state index is -0.0918. The lowest BCUT2D eigenvalue weighted by Crippen LogP contribution is -2.58. The third-order valence-corrected chi connectivity index (χ3v) is 5.67. The van der Waals surface area contributed by atoms with Crippen molar-refractivity contribution in [1.82, 2.24) is 14.7 Å². The van der Waals surface area contributed by atoms with Gasteiger partial charge in [-0.3, -0.25) is 9.48 Å². The van der Waals surface area contributed by atoms with Gasteiger partial charge in [0.15, 0.2) is 5.69 Å². The quantitative estimate of drug-likeness (QED) is 0.858. The standard InChI is InChI=1S/C19H25N3O3/c1-21-15-7-4-3-6-14(15)17(20-21)18(23)22-10-8-16-19(12-22,13-24-2)9-5-11-25-16/h3-4,6-7,16H,5,8-13H2,1-2H3/t16-,19+/m1/s1. The normalized spacial score (nSPS) is 26.6. The fourth-order valence-electron chi connectivity index (χ4n) is 4.48. The summed E-state index contributed by atoms with van der Waals surface area (Å²) >= 11 is 0. The van der Waals surface area contributed by atoms with Gasteiger partial charge in [0.2, 0.25) is 0 Å². The number of para-hydroxylation sites is 1. The molecule has 4 rings (SSSR count). The van der Waals surface area contributed by atoms with Crippen molar-refractivity contribution in [1.29, 1.82) is 0 Å². The molecule has 2 atom stereocenters. The van der Waals surface area contributed by atoms with Crippen LogP contribution < -0.4 is 0 Å². The predicted octanol–water partition coefficient (Wildman–Crippen LogP) is 2.23. The number of carbonyl (C=O) groups is 1. The van der Waals surface area contributed by atoms with E-state index in [-0.39, 0.29) is 17.4 Å². The third-order valence-electron chi connectivity index (χ3n) is 5.67. The average molecular weight is 343 g/mol. The van der Waals surface area contributed by atoms with Crippen LogP contribution in [0.1, 0.15) is 29.8 Å². The number of hydrogen-bond acceptors (Lipinski definition) is 4. The lowest BCUT2D eigenvalue weighted by atomic mass is 9.73. The molecule has 6 nitrogen and oxygen atoms in total. The Bertz CT molecular complexity index is 783. The van der Waals surface area contributed by atoms with E-state index in [1.54, 1.807) is 11.8 Å². The Morgan fingerprint density at radius 1 is 1.44 bits per heavy atom. The van der Waals surface area contributed by atoms with Gasteiger partial charge in [0, 0.05) is 44.7 Å². The highest BCUT2D eigenvalue weighted by Gasteiger charge is 2.47. The summed E-state index contributed by atoms with van der Waals surface area (Å²) in [5, 5.41) is 5.42. The van der Waals surface area contributed by atoms with Crippen LogP contribution in [0.25, 0.3) is 10.9 Å². The number of aromatic nitrogens is 2. The van der Waals surface area contributed by atoms with E-state index in [2.05, 4.69) is 5.10 Å². The second-order valence-corrected chi connectivity index (χ2v) is 7.26. The highest BCUT2D eigenvalue weighted by Crippen LogP contribution is 2.40. The molecule has 2 aliphatic rings. The maximum absolute atomic E-state index is 13.2. The average Bonchev–Trinajstić information content (AvgIpc) is 2.98. The zero-order valence-electron chi connectivity index (χ0n) is 14.9. The predicted molar refractivity (Wildman–Crippen MR) is 94.5 cm³/mol. The Morgan fingerprint density at radius 2 is 2.28 bits per heavy atom. The van der Waals surface area contributed by atoms with Crippen molar-refractivity contribution < 1.29 is 14.3 Å². The van der Waals surface area contributed by atoms with Crippen LogP contribution in [0.15, 0.2) is 24.3 Å². The van der Waals surface area contributed by atoms with Crippen LogP contribution in [0.3, 0.4) is 0 Å². The summed E-state index contributed by atoms with van der Waals surface area (Å²) in [6, 6.07) is 7.88. The Labute approximate surface area is 147 Å². The van der Waals surface area contributed by atoms with Crippen molar-refractivity contribution in [2.45, 2.75) is 25.4 Å². The third kappa shape index (κ3) is 2.73. The number of fused-ring (bicyclic) bond motifs is 2. The molecule has 2 fully saturated rings. The second-order valence-electron chi connectivity index (χ2n) is 7.26. The maximum atomic E-state index is 13.2. The van der Waals surface area contributed by atoms with Gasteiger partial charge in [0.05, 0.1) is 18.2 Å². The van der Waals surface area contributed by atoms with E-state index in [4.69, 9.17) is 9.47 Å². The molecule has 1 amide bonds. The monoisotopic (exact) mass is 343 g/mol. The molecule has 134 valence electrons. The summed E-state index contributed by atoms with van der Waals surface area (Å²) in [6.07, 6.45) is 3.11. The number of likely N-dealkylation sites (tertiary alicyclic amines) is 1. The van der Waals surface area contributed by atoms with Crippen molar-refractivity contribution in [3.05, 3.63) is 30.0 Å². The van der Waals surface area contributed by atoms with Crippen LogP contribution in [-0.2, 0) is 16.5 Å². The molecule has 0 radical (unpaired) electrons. The molecule has 2 saturated heterocycles. The van der Waals surface area contributed by atoms with Gasteiger partial charge in [0.1, 0.15) is 0 Å². The molecule has 0 unspecified atom stereocenters. The number of methoxy groups -OCH3 is 1. The molecule has 0 spiro atoms. The van der Waals surface area contributed by atoms with Crippen LogP contribution in [0.2, 0.25) is 0 Å². The number of piperidine rings is 1. The van der Waals surface area contributed by atoms with E-state index in [0.29, 0.717) is 25.4 Å². The van der Waals surface area contributed by atoms with Gasteiger partial charge in [-0.05, 0) is 25.3 Å². The summed E-state index contributed by atoms with van der Waals surface area (Å²) in [5.41, 5.74) is 1.43. The van der Waals surface area contributed by atoms with Gasteiger partial charge in [-0.2, -0.15) is 5.10 Å². The van der Waals surface area contributed by atoms with Crippen LogP contribution in [-0.4, -0.2) is 60.1 Å². The molecule has 1 aromatic carbocycles. The van der Waals surface area contributed by atoms with Gasteiger partial charge in [-0.1, -0.05) is 18.2 Å². The van der Waals surface area contributed by atoms with Gasteiger partial charge in [0.25, 0.3) is 5.91 Å². The summed E-state index contributed by atoms with van der Waals surface area (Å²) in [4.78, 5) is 15.2. The Balaban J connectivity index is 1.64. The maximum Gasteiger partial charge on any atom is 0.275 e. The molecule has 2 aromatic rings. The van der Waals surface area contributed by atoms with E-state index in [1.807, 2.05) is 36.2 Å². The van der Waals surface area contributed by atoms with Crippen LogP contribution in [0.4, 0.5) is 0 Å². The van der Waals surface area contributed by atoms with Crippen molar-refractivity contribution >= 4 is 16.8 Å². The van der Waals surface area contributed by atoms with Gasteiger partial charge in [-0.25, -0.2) is 0 Å². The van der Waals surface area contributed by atoms with Crippen molar-refractivity contribution in [3.63, 3.8) is 0 Å². The van der Waals surface area contributed by atoms with E-state index in [1.165, 1.54) is 0 Å². The molecule has 0 aliphatic carbocycles. The molecule has 1 aromatic heterocycles. The topological polar surface area (TPSA) is 56.6 Å². The highest BCUT2D eigenvalue weighted by molar-refractivity contribution is 6.04. The first kappa shape index (κ1) is 16.5. The number of benzene rings is 1. The smallest absolute Gasteiger partial charge is 0.275 e. The molecular formula is C19H25N3O3. The number of amides is 1. The number of ether oxygens (including phenoxy) is 2. The zero-order valence-corrected chi connectivity index (χ0v) is 14.9. The number of hydrogen-bond donors (Lipinski definition) is 0. The zero-order chi connectivity index (χ0) is 17.4. The Kier molecular flexibility index (Phi) is 4.25. The minimum Gasteiger partial charge on any atom is -0.384 e. The van der Waals surface area contributed by atoms with Crippen molar-refractivity contribution in [2.24, 2.45) is 12.5 Å². The van der Waals surface area contributed by atoms with Gasteiger partial charge < -0.3 is 14.4 Å². The first-order valence-electron chi connectivity index (χ1n) is 8.96. The van der Waals surface area contributed by atoms with Crippen LogP contribution in [0.5, 0.6) is 0 Å². The largest absolute Gasteiger partial charge is 0.384 e. The molecule has 0 bridgehead atoms. The highest BCUT2D eigenvalue weighted by atomic mass is 16.5. The van der Waals surface area contributed by atoms with Crippen molar-refractivity contribution in [3.8, 4) is 0 Å². The van der Waals surface area contributed by atoms with E-state index < -0.39 is 0 Å². The number of nitrogens with zero attached hydrogens (tertiary/aromatic N) is 3. The second kappa shape index (κ2) is 6.42. The molecule has 3 heterocycles. The fraction of sp³-hybridized carbons (Fsp3) is 0.579. The summed E-state index contributed by atoms with van der Waals surface area (Å²) in [7, 11) is 3.61. The molecule has 0 N–H and O–H groups in total. The fourth-order valence-corrected chi connectivity index (χ4v) is 4.48. The number of aryl methyl sites for hydroxylation is 1. The van der Waals surface area contributed by atoms with E-state index >= 15 is 0 Å².